The Morgan fingerprint density at radius 2 is 2.40 bits per heavy atom. The third-order valence-electron chi connectivity index (χ3n) is 3.99. The van der Waals surface area contributed by atoms with Crippen LogP contribution in [0, 0.1) is 0 Å². The van der Waals surface area contributed by atoms with Gasteiger partial charge in [0, 0.05) is 43.8 Å². The number of carbonyl (C=O) groups excluding carboxylic acids is 1. The first-order valence-electron chi connectivity index (χ1n) is 8.65. The first-order chi connectivity index (χ1) is 12.3. The minimum absolute atomic E-state index is 0.176. The molecule has 1 aliphatic heterocycles. The predicted octanol–water partition coefficient (Wildman–Crippen LogP) is 2.65. The van der Waals surface area contributed by atoms with Crippen LogP contribution in [0.1, 0.15) is 19.3 Å². The van der Waals surface area contributed by atoms with Gasteiger partial charge in [0.15, 0.2) is 0 Å². The number of rotatable bonds is 8. The first-order valence-corrected chi connectivity index (χ1v) is 8.65. The van der Waals surface area contributed by atoms with E-state index in [9.17, 15) is 4.79 Å². The van der Waals surface area contributed by atoms with Crippen molar-refractivity contribution in [2.75, 3.05) is 25.1 Å². The van der Waals surface area contributed by atoms with Crippen molar-refractivity contribution in [3.05, 3.63) is 43.0 Å². The average Bonchev–Trinajstić information content (AvgIpc) is 3.31. The summed E-state index contributed by atoms with van der Waals surface area (Å²) in [5, 5.41) is 5.67. The first kappa shape index (κ1) is 17.3. The Kier molecular flexibility index (Phi) is 6.28. The van der Waals surface area contributed by atoms with Crippen LogP contribution in [0.5, 0.6) is 5.75 Å². The molecule has 0 aliphatic carbocycles. The number of amides is 2. The molecule has 1 atom stereocenters. The van der Waals surface area contributed by atoms with Gasteiger partial charge in [-0.05, 0) is 31.4 Å². The van der Waals surface area contributed by atoms with E-state index in [1.165, 1.54) is 0 Å². The van der Waals surface area contributed by atoms with E-state index in [2.05, 4.69) is 15.6 Å². The lowest BCUT2D eigenvalue weighted by Crippen LogP contribution is -2.30. The van der Waals surface area contributed by atoms with Gasteiger partial charge in [-0.3, -0.25) is 0 Å². The number of carbonyl (C=O) groups is 1. The van der Waals surface area contributed by atoms with E-state index >= 15 is 0 Å². The van der Waals surface area contributed by atoms with Crippen molar-refractivity contribution in [1.82, 2.24) is 14.9 Å². The molecule has 0 saturated carbocycles. The van der Waals surface area contributed by atoms with Crippen molar-refractivity contribution in [3.63, 3.8) is 0 Å². The van der Waals surface area contributed by atoms with Gasteiger partial charge in [-0.2, -0.15) is 0 Å². The lowest BCUT2D eigenvalue weighted by Gasteiger charge is -2.13. The van der Waals surface area contributed by atoms with Crippen molar-refractivity contribution in [2.24, 2.45) is 0 Å². The van der Waals surface area contributed by atoms with Crippen LogP contribution in [0.2, 0.25) is 0 Å². The Balaban J connectivity index is 1.37. The molecule has 2 heterocycles. The molecule has 1 aromatic heterocycles. The maximum absolute atomic E-state index is 11.9. The smallest absolute Gasteiger partial charge is 0.319 e. The fraction of sp³-hybridized carbons (Fsp3) is 0.444. The maximum Gasteiger partial charge on any atom is 0.319 e. The summed E-state index contributed by atoms with van der Waals surface area (Å²) in [6.07, 6.45) is 8.57. The molecule has 2 N–H and O–H groups in total. The van der Waals surface area contributed by atoms with Crippen LogP contribution >= 0.6 is 0 Å². The summed E-state index contributed by atoms with van der Waals surface area (Å²) < 4.78 is 13.3. The van der Waals surface area contributed by atoms with Crippen LogP contribution in [-0.4, -0.2) is 41.4 Å². The highest BCUT2D eigenvalue weighted by atomic mass is 16.5. The molecule has 1 aliphatic rings. The van der Waals surface area contributed by atoms with Gasteiger partial charge in [0.1, 0.15) is 12.4 Å². The zero-order chi connectivity index (χ0) is 17.3. The monoisotopic (exact) mass is 344 g/mol. The number of imidazole rings is 1. The topological polar surface area (TPSA) is 77.4 Å². The summed E-state index contributed by atoms with van der Waals surface area (Å²) in [5.74, 6) is 0.730. The molecule has 7 nitrogen and oxygen atoms in total. The van der Waals surface area contributed by atoms with E-state index in [0.29, 0.717) is 18.8 Å². The quantitative estimate of drug-likeness (QED) is 0.722. The van der Waals surface area contributed by atoms with Gasteiger partial charge >= 0.3 is 6.03 Å². The molecule has 25 heavy (non-hydrogen) atoms. The second kappa shape index (κ2) is 9.08. The molecule has 2 amide bonds. The van der Waals surface area contributed by atoms with Gasteiger partial charge in [-0.25, -0.2) is 9.78 Å². The molecule has 7 heteroatoms. The molecule has 0 bridgehead atoms. The number of hydrogen-bond donors (Lipinski definition) is 2. The van der Waals surface area contributed by atoms with Crippen molar-refractivity contribution in [1.29, 1.82) is 0 Å². The molecule has 0 spiro atoms. The number of nitrogens with zero attached hydrogens (tertiary/aromatic N) is 2. The largest absolute Gasteiger partial charge is 0.491 e. The van der Waals surface area contributed by atoms with Crippen LogP contribution in [0.3, 0.4) is 0 Å². The third kappa shape index (κ3) is 5.79. The van der Waals surface area contributed by atoms with E-state index in [1.54, 1.807) is 12.5 Å². The predicted molar refractivity (Wildman–Crippen MR) is 94.8 cm³/mol. The lowest BCUT2D eigenvalue weighted by molar-refractivity contribution is 0.0680. The number of aromatic nitrogens is 2. The zero-order valence-corrected chi connectivity index (χ0v) is 14.2. The van der Waals surface area contributed by atoms with Crippen molar-refractivity contribution in [2.45, 2.75) is 31.9 Å². The van der Waals surface area contributed by atoms with Crippen LogP contribution < -0.4 is 15.4 Å². The fourth-order valence-corrected chi connectivity index (χ4v) is 2.69. The fourth-order valence-electron chi connectivity index (χ4n) is 2.69. The highest BCUT2D eigenvalue weighted by Gasteiger charge is 2.16. The van der Waals surface area contributed by atoms with Crippen LogP contribution in [0.4, 0.5) is 10.5 Å². The molecule has 2 aromatic rings. The number of anilines is 1. The van der Waals surface area contributed by atoms with Crippen molar-refractivity contribution in [3.8, 4) is 5.75 Å². The molecule has 1 saturated heterocycles. The molecule has 1 unspecified atom stereocenters. The average molecular weight is 344 g/mol. The second-order valence-electron chi connectivity index (χ2n) is 6.01. The molecular formula is C18H24N4O3. The summed E-state index contributed by atoms with van der Waals surface area (Å²) in [4.78, 5) is 15.9. The van der Waals surface area contributed by atoms with Crippen LogP contribution in [0.15, 0.2) is 43.0 Å². The van der Waals surface area contributed by atoms with Gasteiger partial charge < -0.3 is 24.7 Å². The standard InChI is InChI=1S/C18H24N4O3/c23-18(20-7-3-9-22-10-8-19-14-22)21-15-4-1-5-16(12-15)25-13-17-6-2-11-24-17/h1,4-5,8,10,12,14,17H,2-3,6-7,9,11,13H2,(H2,20,21,23). The minimum Gasteiger partial charge on any atom is -0.491 e. The normalized spacial score (nSPS) is 16.6. The third-order valence-corrected chi connectivity index (χ3v) is 3.99. The summed E-state index contributed by atoms with van der Waals surface area (Å²) in [5.41, 5.74) is 0.706. The summed E-state index contributed by atoms with van der Waals surface area (Å²) in [6.45, 7) is 2.78. The number of hydrogen-bond acceptors (Lipinski definition) is 4. The van der Waals surface area contributed by atoms with E-state index in [-0.39, 0.29) is 12.1 Å². The van der Waals surface area contributed by atoms with Crippen molar-refractivity contribution < 1.29 is 14.3 Å². The Hall–Kier alpha value is -2.54. The second-order valence-corrected chi connectivity index (χ2v) is 6.01. The highest BCUT2D eigenvalue weighted by Crippen LogP contribution is 2.19. The molecular weight excluding hydrogens is 320 g/mol. The Labute approximate surface area is 147 Å². The van der Waals surface area contributed by atoms with Crippen molar-refractivity contribution >= 4 is 11.7 Å². The van der Waals surface area contributed by atoms with E-state index < -0.39 is 0 Å². The highest BCUT2D eigenvalue weighted by molar-refractivity contribution is 5.89. The Morgan fingerprint density at radius 1 is 1.44 bits per heavy atom. The number of ether oxygens (including phenoxy) is 2. The van der Waals surface area contributed by atoms with Crippen LogP contribution in [-0.2, 0) is 11.3 Å². The lowest BCUT2D eigenvalue weighted by atomic mass is 10.2. The van der Waals surface area contributed by atoms with E-state index in [0.717, 1.165) is 38.2 Å². The number of aryl methyl sites for hydroxylation is 1. The Morgan fingerprint density at radius 3 is 3.20 bits per heavy atom. The SMILES string of the molecule is O=C(NCCCn1ccnc1)Nc1cccc(OCC2CCCO2)c1. The molecule has 3 rings (SSSR count). The number of benzene rings is 1. The Bertz CT molecular complexity index is 654. The van der Waals surface area contributed by atoms with Gasteiger partial charge in [-0.15, -0.1) is 0 Å². The molecule has 1 aromatic carbocycles. The number of urea groups is 1. The van der Waals surface area contributed by atoms with Gasteiger partial charge in [0.05, 0.1) is 12.4 Å². The zero-order valence-electron chi connectivity index (χ0n) is 14.2. The van der Waals surface area contributed by atoms with Crippen LogP contribution in [0.25, 0.3) is 0 Å². The van der Waals surface area contributed by atoms with Gasteiger partial charge in [0.25, 0.3) is 0 Å². The summed E-state index contributed by atoms with van der Waals surface area (Å²) in [6, 6.07) is 7.18. The van der Waals surface area contributed by atoms with Gasteiger partial charge in [-0.1, -0.05) is 6.07 Å². The molecule has 134 valence electrons. The molecule has 0 radical (unpaired) electrons. The summed E-state index contributed by atoms with van der Waals surface area (Å²) >= 11 is 0. The summed E-state index contributed by atoms with van der Waals surface area (Å²) in [7, 11) is 0. The molecule has 1 fully saturated rings. The minimum atomic E-state index is -0.220. The maximum atomic E-state index is 11.9. The van der Waals surface area contributed by atoms with Gasteiger partial charge in [0.2, 0.25) is 0 Å². The van der Waals surface area contributed by atoms with E-state index in [4.69, 9.17) is 9.47 Å². The number of nitrogens with one attached hydrogen (secondary N) is 2. The van der Waals surface area contributed by atoms with E-state index in [1.807, 2.05) is 35.0 Å².